The molecule has 20 heavy (non-hydrogen) atoms. The van der Waals surface area contributed by atoms with E-state index in [-0.39, 0.29) is 18.0 Å². The second-order valence-electron chi connectivity index (χ2n) is 4.32. The summed E-state index contributed by atoms with van der Waals surface area (Å²) in [5.41, 5.74) is 2.49. The lowest BCUT2D eigenvalue weighted by Gasteiger charge is -2.09. The number of allylic oxidation sites excluding steroid dienone is 3. The zero-order valence-corrected chi connectivity index (χ0v) is 12.4. The van der Waals surface area contributed by atoms with Crippen molar-refractivity contribution in [3.8, 4) is 0 Å². The SMILES string of the molecule is C/C=C(\C(=O)/C(=C\C)C(=O)OCC)c1ccc(C)cc1. The van der Waals surface area contributed by atoms with E-state index in [0.29, 0.717) is 5.57 Å². The molecule has 0 unspecified atom stereocenters. The van der Waals surface area contributed by atoms with Crippen LogP contribution in [-0.4, -0.2) is 18.4 Å². The molecule has 0 N–H and O–H groups in total. The highest BCUT2D eigenvalue weighted by atomic mass is 16.5. The maximum Gasteiger partial charge on any atom is 0.341 e. The normalized spacial score (nSPS) is 12.2. The Kier molecular flexibility index (Phi) is 5.91. The number of hydrogen-bond acceptors (Lipinski definition) is 3. The molecule has 0 aromatic heterocycles. The van der Waals surface area contributed by atoms with Gasteiger partial charge in [0.05, 0.1) is 6.61 Å². The summed E-state index contributed by atoms with van der Waals surface area (Å²) in [6.07, 6.45) is 3.22. The molecule has 1 aromatic carbocycles. The zero-order chi connectivity index (χ0) is 15.1. The number of aryl methyl sites for hydroxylation is 1. The lowest BCUT2D eigenvalue weighted by molar-refractivity contribution is -0.139. The number of carbonyl (C=O) groups is 2. The minimum atomic E-state index is -0.577. The van der Waals surface area contributed by atoms with Gasteiger partial charge in [-0.15, -0.1) is 0 Å². The van der Waals surface area contributed by atoms with Gasteiger partial charge in [0.15, 0.2) is 5.78 Å². The standard InChI is InChI=1S/C17H20O3/c1-5-14(13-10-8-12(4)9-11-13)16(18)15(6-2)17(19)20-7-3/h5-6,8-11H,7H2,1-4H3/b14-5-,15-6+. The van der Waals surface area contributed by atoms with E-state index in [1.807, 2.05) is 31.2 Å². The number of ether oxygens (including phenoxy) is 1. The van der Waals surface area contributed by atoms with Gasteiger partial charge < -0.3 is 4.74 Å². The molecule has 3 nitrogen and oxygen atoms in total. The highest BCUT2D eigenvalue weighted by molar-refractivity contribution is 6.36. The zero-order valence-electron chi connectivity index (χ0n) is 12.4. The molecule has 0 radical (unpaired) electrons. The fourth-order valence-corrected chi connectivity index (χ4v) is 1.86. The first kappa shape index (κ1) is 15.9. The Bertz CT molecular complexity index is 548. The van der Waals surface area contributed by atoms with Crippen LogP contribution in [0.5, 0.6) is 0 Å². The molecule has 0 atom stereocenters. The Morgan fingerprint density at radius 3 is 2.15 bits per heavy atom. The van der Waals surface area contributed by atoms with E-state index < -0.39 is 5.97 Å². The highest BCUT2D eigenvalue weighted by Crippen LogP contribution is 2.20. The summed E-state index contributed by atoms with van der Waals surface area (Å²) in [4.78, 5) is 24.3. The van der Waals surface area contributed by atoms with E-state index in [1.165, 1.54) is 6.08 Å². The molecule has 0 heterocycles. The lowest BCUT2D eigenvalue weighted by atomic mass is 9.95. The third-order valence-corrected chi connectivity index (χ3v) is 2.92. The molecule has 0 fully saturated rings. The fraction of sp³-hybridized carbons (Fsp3) is 0.294. The van der Waals surface area contributed by atoms with Crippen LogP contribution < -0.4 is 0 Å². The van der Waals surface area contributed by atoms with Gasteiger partial charge in [0.1, 0.15) is 5.57 Å². The molecule has 0 spiro atoms. The Hall–Kier alpha value is -2.16. The molecule has 0 amide bonds. The maximum atomic E-state index is 12.5. The number of hydrogen-bond donors (Lipinski definition) is 0. The van der Waals surface area contributed by atoms with Crippen molar-refractivity contribution in [1.82, 2.24) is 0 Å². The molecule has 0 saturated carbocycles. The number of rotatable bonds is 5. The largest absolute Gasteiger partial charge is 0.462 e. The molecular weight excluding hydrogens is 252 g/mol. The molecule has 0 bridgehead atoms. The third kappa shape index (κ3) is 3.67. The first-order valence-corrected chi connectivity index (χ1v) is 6.66. The smallest absolute Gasteiger partial charge is 0.341 e. The maximum absolute atomic E-state index is 12.5. The minimum Gasteiger partial charge on any atom is -0.462 e. The molecule has 0 aliphatic carbocycles. The van der Waals surface area contributed by atoms with Crippen molar-refractivity contribution in [2.75, 3.05) is 6.61 Å². The van der Waals surface area contributed by atoms with Crippen LogP contribution in [0.2, 0.25) is 0 Å². The van der Waals surface area contributed by atoms with Gasteiger partial charge in [-0.05, 0) is 33.3 Å². The van der Waals surface area contributed by atoms with Crippen molar-refractivity contribution in [2.45, 2.75) is 27.7 Å². The summed E-state index contributed by atoms with van der Waals surface area (Å²) in [5.74, 6) is -0.885. The number of ketones is 1. The van der Waals surface area contributed by atoms with Gasteiger partial charge in [0.2, 0.25) is 0 Å². The Balaban J connectivity index is 3.09. The Morgan fingerprint density at radius 2 is 1.70 bits per heavy atom. The van der Waals surface area contributed by atoms with Gasteiger partial charge in [-0.1, -0.05) is 42.0 Å². The monoisotopic (exact) mass is 272 g/mol. The van der Waals surface area contributed by atoms with Gasteiger partial charge >= 0.3 is 5.97 Å². The van der Waals surface area contributed by atoms with E-state index in [2.05, 4.69) is 0 Å². The number of esters is 1. The summed E-state index contributed by atoms with van der Waals surface area (Å²) in [7, 11) is 0. The van der Waals surface area contributed by atoms with Gasteiger partial charge in [-0.2, -0.15) is 0 Å². The lowest BCUT2D eigenvalue weighted by Crippen LogP contribution is -2.17. The molecular formula is C17H20O3. The van der Waals surface area contributed by atoms with Crippen LogP contribution in [0.1, 0.15) is 31.9 Å². The first-order valence-electron chi connectivity index (χ1n) is 6.66. The molecule has 1 rings (SSSR count). The van der Waals surface area contributed by atoms with Crippen molar-refractivity contribution in [1.29, 1.82) is 0 Å². The van der Waals surface area contributed by atoms with Crippen LogP contribution in [0.25, 0.3) is 5.57 Å². The molecule has 106 valence electrons. The molecule has 0 aliphatic heterocycles. The summed E-state index contributed by atoms with van der Waals surface area (Å²) in [6.45, 7) is 7.39. The number of benzene rings is 1. The third-order valence-electron chi connectivity index (χ3n) is 2.92. The van der Waals surface area contributed by atoms with E-state index in [1.54, 1.807) is 26.8 Å². The topological polar surface area (TPSA) is 43.4 Å². The number of Topliss-reactive ketones (excluding diaryl/α,β-unsaturated/α-hetero) is 1. The second-order valence-corrected chi connectivity index (χ2v) is 4.32. The van der Waals surface area contributed by atoms with Crippen LogP contribution in [0.3, 0.4) is 0 Å². The van der Waals surface area contributed by atoms with Crippen molar-refractivity contribution in [2.24, 2.45) is 0 Å². The summed E-state index contributed by atoms with van der Waals surface area (Å²) in [5, 5.41) is 0. The van der Waals surface area contributed by atoms with Crippen LogP contribution in [0, 0.1) is 6.92 Å². The highest BCUT2D eigenvalue weighted by Gasteiger charge is 2.22. The summed E-state index contributed by atoms with van der Waals surface area (Å²) >= 11 is 0. The van der Waals surface area contributed by atoms with Crippen molar-refractivity contribution >= 4 is 17.3 Å². The summed E-state index contributed by atoms with van der Waals surface area (Å²) < 4.78 is 4.91. The second kappa shape index (κ2) is 7.43. The fourth-order valence-electron chi connectivity index (χ4n) is 1.86. The molecule has 0 saturated heterocycles. The van der Waals surface area contributed by atoms with Crippen LogP contribution in [0.4, 0.5) is 0 Å². The minimum absolute atomic E-state index is 0.0699. The van der Waals surface area contributed by atoms with Crippen molar-refractivity contribution in [3.05, 3.63) is 53.1 Å². The van der Waals surface area contributed by atoms with Gasteiger partial charge in [-0.25, -0.2) is 4.79 Å². The quantitative estimate of drug-likeness (QED) is 0.357. The van der Waals surface area contributed by atoms with Crippen molar-refractivity contribution < 1.29 is 14.3 Å². The first-order chi connectivity index (χ1) is 9.54. The van der Waals surface area contributed by atoms with Crippen LogP contribution >= 0.6 is 0 Å². The van der Waals surface area contributed by atoms with E-state index in [0.717, 1.165) is 11.1 Å². The van der Waals surface area contributed by atoms with Crippen LogP contribution in [0.15, 0.2) is 42.0 Å². The Morgan fingerprint density at radius 1 is 1.10 bits per heavy atom. The number of carbonyl (C=O) groups excluding carboxylic acids is 2. The average Bonchev–Trinajstić information content (AvgIpc) is 2.43. The summed E-state index contributed by atoms with van der Waals surface area (Å²) in [6, 6.07) is 7.62. The average molecular weight is 272 g/mol. The van der Waals surface area contributed by atoms with E-state index in [9.17, 15) is 9.59 Å². The van der Waals surface area contributed by atoms with Gasteiger partial charge in [0.25, 0.3) is 0 Å². The molecule has 0 aliphatic rings. The van der Waals surface area contributed by atoms with E-state index >= 15 is 0 Å². The predicted octanol–water partition coefficient (Wildman–Crippen LogP) is 3.48. The van der Waals surface area contributed by atoms with E-state index in [4.69, 9.17) is 4.74 Å². The van der Waals surface area contributed by atoms with Gasteiger partial charge in [0, 0.05) is 5.57 Å². The molecule has 1 aromatic rings. The predicted molar refractivity (Wildman–Crippen MR) is 80.2 cm³/mol. The van der Waals surface area contributed by atoms with Gasteiger partial charge in [-0.3, -0.25) is 4.79 Å². The Labute approximate surface area is 120 Å². The van der Waals surface area contributed by atoms with Crippen molar-refractivity contribution in [3.63, 3.8) is 0 Å². The van der Waals surface area contributed by atoms with Crippen LogP contribution in [-0.2, 0) is 14.3 Å². The molecule has 3 heteroatoms.